The fraction of sp³-hybridized carbons (Fsp3) is 0.444. The number of nitrogens with zero attached hydrogens (tertiary/aromatic N) is 1. The number of thiazole rings is 1. The van der Waals surface area contributed by atoms with E-state index in [4.69, 9.17) is 4.74 Å². The predicted molar refractivity (Wildman–Crippen MR) is 96.4 cm³/mol. The Kier molecular flexibility index (Phi) is 4.96. The van der Waals surface area contributed by atoms with Crippen molar-refractivity contribution in [3.63, 3.8) is 0 Å². The highest BCUT2D eigenvalue weighted by Crippen LogP contribution is 2.27. The molecule has 1 amide bonds. The molecule has 2 aliphatic rings. The second-order valence-electron chi connectivity index (χ2n) is 6.67. The number of ether oxygens (including phenoxy) is 1. The van der Waals surface area contributed by atoms with Gasteiger partial charge in [-0.15, -0.1) is 11.3 Å². The van der Waals surface area contributed by atoms with Crippen molar-refractivity contribution in [3.05, 3.63) is 46.4 Å². The molecule has 132 valence electrons. The lowest BCUT2D eigenvalue weighted by atomic mass is 9.83. The van der Waals surface area contributed by atoms with Crippen molar-refractivity contribution in [1.29, 1.82) is 0 Å². The number of hydrazine groups is 1. The van der Waals surface area contributed by atoms with Crippen LogP contribution in [0.25, 0.3) is 0 Å². The maximum absolute atomic E-state index is 12.6. The van der Waals surface area contributed by atoms with Gasteiger partial charge in [-0.25, -0.2) is 4.98 Å². The average molecular weight is 358 g/mol. The van der Waals surface area contributed by atoms with Crippen LogP contribution in [0.2, 0.25) is 0 Å². The van der Waals surface area contributed by atoms with E-state index in [2.05, 4.69) is 21.2 Å². The molecule has 0 spiro atoms. The summed E-state index contributed by atoms with van der Waals surface area (Å²) in [4.78, 5) is 16.8. The summed E-state index contributed by atoms with van der Waals surface area (Å²) in [5.74, 6) is 1.27. The molecule has 1 saturated heterocycles. The van der Waals surface area contributed by atoms with Gasteiger partial charge in [-0.1, -0.05) is 6.07 Å². The molecule has 2 aromatic rings. The summed E-state index contributed by atoms with van der Waals surface area (Å²) in [6, 6.07) is 8.14. The fourth-order valence-corrected chi connectivity index (χ4v) is 4.14. The molecule has 1 saturated carbocycles. The summed E-state index contributed by atoms with van der Waals surface area (Å²) in [6.07, 6.45) is 3.14. The Balaban J connectivity index is 1.34. The number of nitrogens with one attached hydrogen (secondary N) is 3. The van der Waals surface area contributed by atoms with Crippen LogP contribution in [0.5, 0.6) is 5.75 Å². The molecule has 7 heteroatoms. The van der Waals surface area contributed by atoms with Crippen LogP contribution < -0.4 is 20.9 Å². The molecular weight excluding hydrogens is 336 g/mol. The van der Waals surface area contributed by atoms with Gasteiger partial charge in [0.25, 0.3) is 5.91 Å². The zero-order valence-electron chi connectivity index (χ0n) is 13.9. The number of aromatic nitrogens is 1. The Morgan fingerprint density at radius 3 is 3.24 bits per heavy atom. The Morgan fingerprint density at radius 1 is 1.40 bits per heavy atom. The van der Waals surface area contributed by atoms with Crippen molar-refractivity contribution >= 4 is 17.2 Å². The highest BCUT2D eigenvalue weighted by Gasteiger charge is 2.34. The molecule has 3 N–H and O–H groups in total. The fourth-order valence-electron chi connectivity index (χ4n) is 3.59. The summed E-state index contributed by atoms with van der Waals surface area (Å²) >= 11 is 1.54. The van der Waals surface area contributed by atoms with E-state index in [9.17, 15) is 4.79 Å². The van der Waals surface area contributed by atoms with Crippen LogP contribution in [0, 0.1) is 5.92 Å². The Bertz CT molecular complexity index is 722. The van der Waals surface area contributed by atoms with Crippen LogP contribution in [0.1, 0.15) is 35.3 Å². The minimum atomic E-state index is -0.0264. The molecule has 25 heavy (non-hydrogen) atoms. The minimum Gasteiger partial charge on any atom is -0.487 e. The quantitative estimate of drug-likeness (QED) is 0.763. The summed E-state index contributed by atoms with van der Waals surface area (Å²) in [7, 11) is 0. The largest absolute Gasteiger partial charge is 0.487 e. The number of carbonyl (C=O) groups is 1. The first-order chi connectivity index (χ1) is 12.3. The molecule has 0 bridgehead atoms. The van der Waals surface area contributed by atoms with Gasteiger partial charge in [0.1, 0.15) is 12.4 Å². The Labute approximate surface area is 151 Å². The summed E-state index contributed by atoms with van der Waals surface area (Å²) in [6.45, 7) is 1.40. The molecule has 1 aromatic heterocycles. The van der Waals surface area contributed by atoms with E-state index in [1.807, 2.05) is 23.6 Å². The van der Waals surface area contributed by atoms with Gasteiger partial charge < -0.3 is 10.1 Å². The average Bonchev–Trinajstić information content (AvgIpc) is 3.31. The lowest BCUT2D eigenvalue weighted by Gasteiger charge is -2.31. The van der Waals surface area contributed by atoms with Gasteiger partial charge in [0.05, 0.1) is 11.2 Å². The van der Waals surface area contributed by atoms with Crippen LogP contribution in [0.3, 0.4) is 0 Å². The van der Waals surface area contributed by atoms with Gasteiger partial charge in [-0.3, -0.25) is 15.6 Å². The van der Waals surface area contributed by atoms with E-state index in [0.29, 0.717) is 29.9 Å². The van der Waals surface area contributed by atoms with Crippen LogP contribution in [0.4, 0.5) is 0 Å². The number of hydrogen-bond acceptors (Lipinski definition) is 6. The molecular formula is C18H22N4O2S. The third kappa shape index (κ3) is 4.00. The third-order valence-corrected chi connectivity index (χ3v) is 5.57. The van der Waals surface area contributed by atoms with E-state index in [0.717, 1.165) is 31.5 Å². The molecule has 1 aliphatic heterocycles. The van der Waals surface area contributed by atoms with E-state index < -0.39 is 0 Å². The summed E-state index contributed by atoms with van der Waals surface area (Å²) in [5.41, 5.74) is 9.86. The molecule has 1 aromatic carbocycles. The van der Waals surface area contributed by atoms with E-state index in [-0.39, 0.29) is 11.9 Å². The first-order valence-corrected chi connectivity index (χ1v) is 9.61. The van der Waals surface area contributed by atoms with Gasteiger partial charge in [-0.05, 0) is 43.4 Å². The number of rotatable bonds is 5. The number of hydrogen-bond donors (Lipinski definition) is 3. The maximum Gasteiger partial charge on any atom is 0.251 e. The molecule has 2 heterocycles. The van der Waals surface area contributed by atoms with Crippen molar-refractivity contribution < 1.29 is 9.53 Å². The van der Waals surface area contributed by atoms with Crippen molar-refractivity contribution in [2.75, 3.05) is 6.54 Å². The van der Waals surface area contributed by atoms with E-state index >= 15 is 0 Å². The number of carbonyl (C=O) groups excluding carboxylic acids is 1. The van der Waals surface area contributed by atoms with Crippen molar-refractivity contribution in [2.45, 2.75) is 38.0 Å². The molecule has 3 atom stereocenters. The first-order valence-electron chi connectivity index (χ1n) is 8.67. The van der Waals surface area contributed by atoms with Crippen molar-refractivity contribution in [1.82, 2.24) is 21.2 Å². The molecule has 6 nitrogen and oxygen atoms in total. The van der Waals surface area contributed by atoms with Crippen LogP contribution >= 0.6 is 11.3 Å². The smallest absolute Gasteiger partial charge is 0.251 e. The first kappa shape index (κ1) is 16.5. The van der Waals surface area contributed by atoms with Crippen molar-refractivity contribution in [2.24, 2.45) is 5.92 Å². The minimum absolute atomic E-state index is 0.0264. The molecule has 3 unspecified atom stereocenters. The highest BCUT2D eigenvalue weighted by molar-refractivity contribution is 7.07. The standard InChI is InChI=1S/C18H22N4O2S/c23-18(21-14-4-5-17-13(6-14)8-20-22-17)12-2-1-3-16(7-12)24-9-15-10-25-11-19-15/h1-3,7,10-11,13-14,17,20,22H,4-6,8-9H2,(H,21,23). The Morgan fingerprint density at radius 2 is 2.36 bits per heavy atom. The maximum atomic E-state index is 12.6. The van der Waals surface area contributed by atoms with Crippen LogP contribution in [0.15, 0.2) is 35.2 Å². The molecule has 0 radical (unpaired) electrons. The SMILES string of the molecule is O=C(NC1CCC2NNCC2C1)c1cccc(OCc2cscn2)c1. The second kappa shape index (κ2) is 7.51. The molecule has 2 fully saturated rings. The monoisotopic (exact) mass is 358 g/mol. The topological polar surface area (TPSA) is 75.3 Å². The van der Waals surface area contributed by atoms with E-state index in [1.165, 1.54) is 0 Å². The number of benzene rings is 1. The zero-order valence-corrected chi connectivity index (χ0v) is 14.7. The van der Waals surface area contributed by atoms with Gasteiger partial charge in [0, 0.05) is 29.6 Å². The Hall–Kier alpha value is -1.96. The normalized spacial score (nSPS) is 25.4. The predicted octanol–water partition coefficient (Wildman–Crippen LogP) is 2.10. The number of fused-ring (bicyclic) bond motifs is 1. The highest BCUT2D eigenvalue weighted by atomic mass is 32.1. The van der Waals surface area contributed by atoms with Crippen LogP contribution in [-0.4, -0.2) is 29.5 Å². The van der Waals surface area contributed by atoms with Gasteiger partial charge in [0.15, 0.2) is 0 Å². The van der Waals surface area contributed by atoms with Gasteiger partial charge in [-0.2, -0.15) is 0 Å². The van der Waals surface area contributed by atoms with Crippen molar-refractivity contribution in [3.8, 4) is 5.75 Å². The summed E-state index contributed by atoms with van der Waals surface area (Å²) < 4.78 is 5.74. The van der Waals surface area contributed by atoms with E-state index in [1.54, 1.807) is 22.9 Å². The lowest BCUT2D eigenvalue weighted by molar-refractivity contribution is 0.0918. The molecule has 1 aliphatic carbocycles. The summed E-state index contributed by atoms with van der Waals surface area (Å²) in [5, 5.41) is 5.14. The third-order valence-electron chi connectivity index (χ3n) is 4.94. The van der Waals surface area contributed by atoms with Crippen LogP contribution in [-0.2, 0) is 6.61 Å². The second-order valence-corrected chi connectivity index (χ2v) is 7.39. The zero-order chi connectivity index (χ0) is 17.1. The van der Waals surface area contributed by atoms with Gasteiger partial charge in [0.2, 0.25) is 0 Å². The lowest BCUT2D eigenvalue weighted by Crippen LogP contribution is -2.44. The van der Waals surface area contributed by atoms with Gasteiger partial charge >= 0.3 is 0 Å². The molecule has 4 rings (SSSR count). The number of amides is 1.